The van der Waals surface area contributed by atoms with Gasteiger partial charge in [-0.3, -0.25) is 4.99 Å². The monoisotopic (exact) mass is 295 g/mol. The molecule has 0 atom stereocenters. The summed E-state index contributed by atoms with van der Waals surface area (Å²) in [6, 6.07) is 5.84. The predicted octanol–water partition coefficient (Wildman–Crippen LogP) is 1.06. The van der Waals surface area contributed by atoms with Crippen LogP contribution >= 0.6 is 0 Å². The van der Waals surface area contributed by atoms with E-state index in [2.05, 4.69) is 15.6 Å². The normalized spacial score (nSPS) is 11.1. The molecule has 0 aliphatic carbocycles. The van der Waals surface area contributed by atoms with E-state index < -0.39 is 0 Å². The maximum Gasteiger partial charge on any atom is 0.191 e. The summed E-state index contributed by atoms with van der Waals surface area (Å²) in [6.45, 7) is 2.13. The van der Waals surface area contributed by atoms with Crippen LogP contribution in [0.5, 0.6) is 11.5 Å². The highest BCUT2D eigenvalue weighted by atomic mass is 16.5. The van der Waals surface area contributed by atoms with Crippen molar-refractivity contribution in [1.82, 2.24) is 10.6 Å². The summed E-state index contributed by atoms with van der Waals surface area (Å²) < 4.78 is 15.6. The van der Waals surface area contributed by atoms with Gasteiger partial charge in [0.2, 0.25) is 0 Å². The maximum absolute atomic E-state index is 5.38. The van der Waals surface area contributed by atoms with E-state index in [0.717, 1.165) is 42.5 Å². The summed E-state index contributed by atoms with van der Waals surface area (Å²) in [5.74, 6) is 2.39. The molecule has 6 nitrogen and oxygen atoms in total. The molecule has 0 bridgehead atoms. The fourth-order valence-corrected chi connectivity index (χ4v) is 1.87. The average Bonchev–Trinajstić information content (AvgIpc) is 2.53. The third kappa shape index (κ3) is 5.91. The Morgan fingerprint density at radius 1 is 1.10 bits per heavy atom. The summed E-state index contributed by atoms with van der Waals surface area (Å²) in [5, 5.41) is 6.42. The molecule has 118 valence electrons. The first-order valence-corrected chi connectivity index (χ1v) is 6.89. The van der Waals surface area contributed by atoms with Crippen molar-refractivity contribution in [1.29, 1.82) is 0 Å². The lowest BCUT2D eigenvalue weighted by Crippen LogP contribution is -2.39. The summed E-state index contributed by atoms with van der Waals surface area (Å²) in [7, 11) is 6.73. The Bertz CT molecular complexity index is 450. The Morgan fingerprint density at radius 2 is 1.86 bits per heavy atom. The molecule has 0 saturated carbocycles. The molecule has 0 fully saturated rings. The summed E-state index contributed by atoms with van der Waals surface area (Å²) >= 11 is 0. The van der Waals surface area contributed by atoms with Gasteiger partial charge < -0.3 is 24.8 Å². The molecule has 1 aromatic carbocycles. The van der Waals surface area contributed by atoms with Gasteiger partial charge in [0.25, 0.3) is 0 Å². The third-order valence-corrected chi connectivity index (χ3v) is 3.00. The summed E-state index contributed by atoms with van der Waals surface area (Å²) in [4.78, 5) is 4.15. The SMILES string of the molecule is CN=C(NCCOC)NCCc1ccc(OC)cc1OC. The number of hydrogen-bond acceptors (Lipinski definition) is 4. The Labute approximate surface area is 126 Å². The zero-order valence-electron chi connectivity index (χ0n) is 13.2. The second kappa shape index (κ2) is 9.88. The standard InChI is InChI=1S/C15H25N3O3/c1-16-15(18-9-10-19-2)17-8-7-12-5-6-13(20-3)11-14(12)21-4/h5-6,11H,7-10H2,1-4H3,(H2,16,17,18). The molecule has 6 heteroatoms. The largest absolute Gasteiger partial charge is 0.497 e. The van der Waals surface area contributed by atoms with Gasteiger partial charge in [-0.15, -0.1) is 0 Å². The van der Waals surface area contributed by atoms with E-state index in [1.165, 1.54) is 0 Å². The number of guanidine groups is 1. The second-order valence-corrected chi connectivity index (χ2v) is 4.35. The van der Waals surface area contributed by atoms with Crippen LogP contribution in [-0.2, 0) is 11.2 Å². The number of benzene rings is 1. The van der Waals surface area contributed by atoms with Gasteiger partial charge in [-0.05, 0) is 18.1 Å². The minimum atomic E-state index is 0.646. The van der Waals surface area contributed by atoms with Crippen LogP contribution in [0.2, 0.25) is 0 Å². The first-order valence-electron chi connectivity index (χ1n) is 6.89. The molecule has 0 aromatic heterocycles. The molecule has 0 spiro atoms. The van der Waals surface area contributed by atoms with E-state index in [9.17, 15) is 0 Å². The summed E-state index contributed by atoms with van der Waals surface area (Å²) in [6.07, 6.45) is 0.831. The van der Waals surface area contributed by atoms with Crippen molar-refractivity contribution in [2.24, 2.45) is 4.99 Å². The van der Waals surface area contributed by atoms with Crippen molar-refractivity contribution in [3.8, 4) is 11.5 Å². The number of ether oxygens (including phenoxy) is 3. The number of nitrogens with zero attached hydrogens (tertiary/aromatic N) is 1. The Balaban J connectivity index is 2.47. The van der Waals surface area contributed by atoms with Crippen LogP contribution in [0.3, 0.4) is 0 Å². The van der Waals surface area contributed by atoms with Gasteiger partial charge >= 0.3 is 0 Å². The molecule has 0 saturated heterocycles. The van der Waals surface area contributed by atoms with Gasteiger partial charge in [0.15, 0.2) is 5.96 Å². The van der Waals surface area contributed by atoms with Crippen molar-refractivity contribution < 1.29 is 14.2 Å². The molecule has 0 aliphatic rings. The smallest absolute Gasteiger partial charge is 0.191 e. The van der Waals surface area contributed by atoms with Crippen molar-refractivity contribution in [2.45, 2.75) is 6.42 Å². The predicted molar refractivity (Wildman–Crippen MR) is 84.5 cm³/mol. The molecule has 0 amide bonds. The maximum atomic E-state index is 5.38. The van der Waals surface area contributed by atoms with Crippen LogP contribution in [0.1, 0.15) is 5.56 Å². The summed E-state index contributed by atoms with van der Waals surface area (Å²) in [5.41, 5.74) is 1.12. The Kier molecular flexibility index (Phi) is 8.04. The quantitative estimate of drug-likeness (QED) is 0.426. The van der Waals surface area contributed by atoms with Gasteiger partial charge in [0.05, 0.1) is 20.8 Å². The molecular formula is C15H25N3O3. The van der Waals surface area contributed by atoms with Crippen LogP contribution in [0.15, 0.2) is 23.2 Å². The first-order chi connectivity index (χ1) is 10.2. The first kappa shape index (κ1) is 17.1. The van der Waals surface area contributed by atoms with Gasteiger partial charge in [-0.1, -0.05) is 6.07 Å². The van der Waals surface area contributed by atoms with Gasteiger partial charge in [-0.2, -0.15) is 0 Å². The van der Waals surface area contributed by atoms with E-state index in [0.29, 0.717) is 6.61 Å². The van der Waals surface area contributed by atoms with Gasteiger partial charge in [0.1, 0.15) is 11.5 Å². The molecular weight excluding hydrogens is 270 g/mol. The van der Waals surface area contributed by atoms with Gasteiger partial charge in [0, 0.05) is 33.3 Å². The van der Waals surface area contributed by atoms with Crippen LogP contribution in [0.4, 0.5) is 0 Å². The third-order valence-electron chi connectivity index (χ3n) is 3.00. The van der Waals surface area contributed by atoms with E-state index in [4.69, 9.17) is 14.2 Å². The molecule has 2 N–H and O–H groups in total. The van der Waals surface area contributed by atoms with E-state index in [1.54, 1.807) is 28.4 Å². The lowest BCUT2D eigenvalue weighted by Gasteiger charge is -2.13. The number of aliphatic imine (C=N–C) groups is 1. The van der Waals surface area contributed by atoms with Crippen molar-refractivity contribution in [3.63, 3.8) is 0 Å². The Morgan fingerprint density at radius 3 is 2.48 bits per heavy atom. The molecule has 0 unspecified atom stereocenters. The van der Waals surface area contributed by atoms with Gasteiger partial charge in [-0.25, -0.2) is 0 Å². The fourth-order valence-electron chi connectivity index (χ4n) is 1.87. The van der Waals surface area contributed by atoms with E-state index in [1.807, 2.05) is 18.2 Å². The van der Waals surface area contributed by atoms with Crippen LogP contribution in [0.25, 0.3) is 0 Å². The highest BCUT2D eigenvalue weighted by Crippen LogP contribution is 2.24. The highest BCUT2D eigenvalue weighted by Gasteiger charge is 2.05. The highest BCUT2D eigenvalue weighted by molar-refractivity contribution is 5.79. The molecule has 21 heavy (non-hydrogen) atoms. The van der Waals surface area contributed by atoms with E-state index in [-0.39, 0.29) is 0 Å². The Hall–Kier alpha value is -1.95. The fraction of sp³-hybridized carbons (Fsp3) is 0.533. The second-order valence-electron chi connectivity index (χ2n) is 4.35. The van der Waals surface area contributed by atoms with Crippen LogP contribution in [-0.4, -0.2) is 54.0 Å². The minimum Gasteiger partial charge on any atom is -0.497 e. The van der Waals surface area contributed by atoms with Crippen molar-refractivity contribution in [2.75, 3.05) is 48.1 Å². The number of hydrogen-bond donors (Lipinski definition) is 2. The number of rotatable bonds is 8. The lowest BCUT2D eigenvalue weighted by molar-refractivity contribution is 0.203. The zero-order chi connectivity index (χ0) is 15.5. The molecule has 0 aliphatic heterocycles. The zero-order valence-corrected chi connectivity index (χ0v) is 13.2. The number of methoxy groups -OCH3 is 3. The molecule has 0 radical (unpaired) electrons. The average molecular weight is 295 g/mol. The minimum absolute atomic E-state index is 0.646. The molecule has 1 rings (SSSR count). The van der Waals surface area contributed by atoms with Crippen LogP contribution < -0.4 is 20.1 Å². The van der Waals surface area contributed by atoms with E-state index >= 15 is 0 Å². The topological polar surface area (TPSA) is 64.1 Å². The van der Waals surface area contributed by atoms with Crippen molar-refractivity contribution in [3.05, 3.63) is 23.8 Å². The molecule has 1 aromatic rings. The molecule has 0 heterocycles. The number of nitrogens with one attached hydrogen (secondary N) is 2. The van der Waals surface area contributed by atoms with Crippen molar-refractivity contribution >= 4 is 5.96 Å². The van der Waals surface area contributed by atoms with Crippen LogP contribution in [0, 0.1) is 0 Å². The lowest BCUT2D eigenvalue weighted by atomic mass is 10.1.